The molecule has 2 N–H and O–H groups in total. The molecule has 1 aliphatic heterocycles. The molecular weight excluding hydrogens is 194 g/mol. The standard InChI is InChI=1S/C11H21NO3/c1-3-9(7-13)6-12-10(14)11(2)4-5-15-8-11/h9,13H,3-8H2,1-2H3,(H,12,14)/t9-,11?/m1/s1. The summed E-state index contributed by atoms with van der Waals surface area (Å²) in [5, 5.41) is 11.9. The van der Waals surface area contributed by atoms with E-state index in [1.807, 2.05) is 13.8 Å². The van der Waals surface area contributed by atoms with Crippen LogP contribution in [0.15, 0.2) is 0 Å². The lowest BCUT2D eigenvalue weighted by atomic mass is 9.89. The van der Waals surface area contributed by atoms with Crippen LogP contribution in [-0.4, -0.2) is 37.4 Å². The van der Waals surface area contributed by atoms with Gasteiger partial charge in [-0.15, -0.1) is 0 Å². The fourth-order valence-electron chi connectivity index (χ4n) is 1.63. The molecule has 0 saturated carbocycles. The first kappa shape index (κ1) is 12.5. The SMILES string of the molecule is CC[C@@H](CO)CNC(=O)C1(C)CCOC1. The van der Waals surface area contributed by atoms with E-state index in [2.05, 4.69) is 5.32 Å². The van der Waals surface area contributed by atoms with Crippen LogP contribution in [0, 0.1) is 11.3 Å². The van der Waals surface area contributed by atoms with E-state index in [0.29, 0.717) is 19.8 Å². The number of hydrogen-bond acceptors (Lipinski definition) is 3. The summed E-state index contributed by atoms with van der Waals surface area (Å²) in [6.45, 7) is 5.80. The Morgan fingerprint density at radius 2 is 2.40 bits per heavy atom. The minimum atomic E-state index is -0.367. The Morgan fingerprint density at radius 1 is 1.67 bits per heavy atom. The average Bonchev–Trinajstić information content (AvgIpc) is 2.68. The molecule has 4 nitrogen and oxygen atoms in total. The van der Waals surface area contributed by atoms with Crippen molar-refractivity contribution in [2.24, 2.45) is 11.3 Å². The van der Waals surface area contributed by atoms with Gasteiger partial charge < -0.3 is 15.2 Å². The lowest BCUT2D eigenvalue weighted by molar-refractivity contribution is -0.130. The van der Waals surface area contributed by atoms with Gasteiger partial charge in [0.2, 0.25) is 5.91 Å². The van der Waals surface area contributed by atoms with Crippen LogP contribution >= 0.6 is 0 Å². The molecule has 1 amide bonds. The van der Waals surface area contributed by atoms with E-state index >= 15 is 0 Å². The van der Waals surface area contributed by atoms with Gasteiger partial charge in [0.05, 0.1) is 12.0 Å². The highest BCUT2D eigenvalue weighted by atomic mass is 16.5. The van der Waals surface area contributed by atoms with Crippen LogP contribution < -0.4 is 5.32 Å². The third-order valence-corrected chi connectivity index (χ3v) is 3.15. The number of amides is 1. The van der Waals surface area contributed by atoms with Crippen LogP contribution in [0.25, 0.3) is 0 Å². The zero-order valence-electron chi connectivity index (χ0n) is 9.58. The third kappa shape index (κ3) is 3.18. The van der Waals surface area contributed by atoms with E-state index in [1.54, 1.807) is 0 Å². The maximum Gasteiger partial charge on any atom is 0.228 e. The number of nitrogens with one attached hydrogen (secondary N) is 1. The minimum Gasteiger partial charge on any atom is -0.396 e. The predicted octanol–water partition coefficient (Wildman–Crippen LogP) is 0.548. The van der Waals surface area contributed by atoms with Gasteiger partial charge in [-0.1, -0.05) is 6.92 Å². The molecule has 0 bridgehead atoms. The summed E-state index contributed by atoms with van der Waals surface area (Å²) in [6, 6.07) is 0. The van der Waals surface area contributed by atoms with Gasteiger partial charge in [0.15, 0.2) is 0 Å². The number of carbonyl (C=O) groups is 1. The maximum atomic E-state index is 11.8. The molecule has 1 heterocycles. The topological polar surface area (TPSA) is 58.6 Å². The predicted molar refractivity (Wildman–Crippen MR) is 57.4 cm³/mol. The third-order valence-electron chi connectivity index (χ3n) is 3.15. The van der Waals surface area contributed by atoms with Gasteiger partial charge in [0.1, 0.15) is 0 Å². The van der Waals surface area contributed by atoms with Crippen molar-refractivity contribution in [1.29, 1.82) is 0 Å². The van der Waals surface area contributed by atoms with Crippen molar-refractivity contribution in [1.82, 2.24) is 5.32 Å². The summed E-state index contributed by atoms with van der Waals surface area (Å²) in [5.41, 5.74) is -0.367. The number of rotatable bonds is 5. The normalized spacial score (nSPS) is 27.7. The fourth-order valence-corrected chi connectivity index (χ4v) is 1.63. The van der Waals surface area contributed by atoms with Crippen LogP contribution in [0.5, 0.6) is 0 Å². The lowest BCUT2D eigenvalue weighted by Gasteiger charge is -2.22. The van der Waals surface area contributed by atoms with Gasteiger partial charge in [-0.3, -0.25) is 4.79 Å². The summed E-state index contributed by atoms with van der Waals surface area (Å²) in [7, 11) is 0. The highest BCUT2D eigenvalue weighted by Crippen LogP contribution is 2.27. The van der Waals surface area contributed by atoms with E-state index in [-0.39, 0.29) is 23.8 Å². The van der Waals surface area contributed by atoms with Crippen molar-refractivity contribution in [2.45, 2.75) is 26.7 Å². The molecule has 0 aromatic rings. The second kappa shape index (κ2) is 5.47. The van der Waals surface area contributed by atoms with Gasteiger partial charge in [0, 0.05) is 19.8 Å². The van der Waals surface area contributed by atoms with Crippen molar-refractivity contribution in [3.63, 3.8) is 0 Å². The first-order valence-electron chi connectivity index (χ1n) is 5.59. The molecule has 0 radical (unpaired) electrons. The molecule has 15 heavy (non-hydrogen) atoms. The van der Waals surface area contributed by atoms with Crippen molar-refractivity contribution in [3.8, 4) is 0 Å². The van der Waals surface area contributed by atoms with Crippen molar-refractivity contribution < 1.29 is 14.6 Å². The van der Waals surface area contributed by atoms with Gasteiger partial charge in [0.25, 0.3) is 0 Å². The Labute approximate surface area is 91.0 Å². The smallest absolute Gasteiger partial charge is 0.228 e. The van der Waals surface area contributed by atoms with Gasteiger partial charge >= 0.3 is 0 Å². The zero-order chi connectivity index (χ0) is 11.3. The molecule has 0 spiro atoms. The molecule has 88 valence electrons. The van der Waals surface area contributed by atoms with Crippen molar-refractivity contribution in [2.75, 3.05) is 26.4 Å². The summed E-state index contributed by atoms with van der Waals surface area (Å²) in [6.07, 6.45) is 1.67. The molecule has 1 rings (SSSR count). The summed E-state index contributed by atoms with van der Waals surface area (Å²) < 4.78 is 5.23. The van der Waals surface area contributed by atoms with E-state index in [0.717, 1.165) is 12.8 Å². The minimum absolute atomic E-state index is 0.0481. The van der Waals surface area contributed by atoms with Crippen LogP contribution in [0.4, 0.5) is 0 Å². The number of hydrogen-bond donors (Lipinski definition) is 2. The highest BCUT2D eigenvalue weighted by Gasteiger charge is 2.37. The quantitative estimate of drug-likeness (QED) is 0.704. The first-order valence-corrected chi connectivity index (χ1v) is 5.59. The number of ether oxygens (including phenoxy) is 1. The number of aliphatic hydroxyl groups excluding tert-OH is 1. The molecule has 2 atom stereocenters. The van der Waals surface area contributed by atoms with E-state index < -0.39 is 0 Å². The fraction of sp³-hybridized carbons (Fsp3) is 0.909. The molecule has 0 aromatic carbocycles. The zero-order valence-corrected chi connectivity index (χ0v) is 9.58. The summed E-state index contributed by atoms with van der Waals surface area (Å²) in [5.74, 6) is 0.215. The molecule has 1 fully saturated rings. The summed E-state index contributed by atoms with van der Waals surface area (Å²) >= 11 is 0. The average molecular weight is 215 g/mol. The molecular formula is C11H21NO3. The van der Waals surface area contributed by atoms with Gasteiger partial charge in [-0.05, 0) is 25.7 Å². The lowest BCUT2D eigenvalue weighted by Crippen LogP contribution is -2.41. The molecule has 1 aliphatic rings. The monoisotopic (exact) mass is 215 g/mol. The Morgan fingerprint density at radius 3 is 2.87 bits per heavy atom. The Hall–Kier alpha value is -0.610. The second-order valence-corrected chi connectivity index (χ2v) is 4.53. The second-order valence-electron chi connectivity index (χ2n) is 4.53. The Balaban J connectivity index is 2.35. The number of aliphatic hydroxyl groups is 1. The molecule has 0 aliphatic carbocycles. The van der Waals surface area contributed by atoms with Crippen molar-refractivity contribution in [3.05, 3.63) is 0 Å². The van der Waals surface area contributed by atoms with E-state index in [4.69, 9.17) is 9.84 Å². The summed E-state index contributed by atoms with van der Waals surface area (Å²) in [4.78, 5) is 11.8. The van der Waals surface area contributed by atoms with E-state index in [9.17, 15) is 4.79 Å². The molecule has 0 aromatic heterocycles. The van der Waals surface area contributed by atoms with Crippen molar-refractivity contribution >= 4 is 5.91 Å². The molecule has 1 unspecified atom stereocenters. The number of carbonyl (C=O) groups excluding carboxylic acids is 1. The highest BCUT2D eigenvalue weighted by molar-refractivity contribution is 5.82. The van der Waals surface area contributed by atoms with Crippen LogP contribution in [0.1, 0.15) is 26.7 Å². The first-order chi connectivity index (χ1) is 7.12. The largest absolute Gasteiger partial charge is 0.396 e. The Kier molecular flexibility index (Phi) is 4.54. The van der Waals surface area contributed by atoms with Crippen LogP contribution in [0.3, 0.4) is 0 Å². The van der Waals surface area contributed by atoms with Crippen LogP contribution in [0.2, 0.25) is 0 Å². The molecule has 1 saturated heterocycles. The van der Waals surface area contributed by atoms with E-state index in [1.165, 1.54) is 0 Å². The Bertz CT molecular complexity index is 208. The maximum absolute atomic E-state index is 11.8. The van der Waals surface area contributed by atoms with Gasteiger partial charge in [-0.2, -0.15) is 0 Å². The van der Waals surface area contributed by atoms with Gasteiger partial charge in [-0.25, -0.2) is 0 Å². The van der Waals surface area contributed by atoms with Crippen LogP contribution in [-0.2, 0) is 9.53 Å². The molecule has 4 heteroatoms.